The Morgan fingerprint density at radius 3 is 2.94 bits per heavy atom. The lowest BCUT2D eigenvalue weighted by Gasteiger charge is -2.14. The van der Waals surface area contributed by atoms with Gasteiger partial charge in [0.05, 0.1) is 12.2 Å². The smallest absolute Gasteiger partial charge is 0.140 e. The maximum atomic E-state index is 5.88. The number of para-hydroxylation sites is 1. The van der Waals surface area contributed by atoms with Gasteiger partial charge in [-0.25, -0.2) is 0 Å². The first-order chi connectivity index (χ1) is 8.83. The lowest BCUT2D eigenvalue weighted by Crippen LogP contribution is -2.28. The molecule has 0 spiro atoms. The molecule has 0 saturated carbocycles. The summed E-state index contributed by atoms with van der Waals surface area (Å²) in [6.45, 7) is 4.86. The molecule has 3 rings (SSSR count). The third kappa shape index (κ3) is 2.24. The van der Waals surface area contributed by atoms with Crippen molar-refractivity contribution in [1.29, 1.82) is 0 Å². The van der Waals surface area contributed by atoms with E-state index in [-0.39, 0.29) is 6.10 Å². The summed E-state index contributed by atoms with van der Waals surface area (Å²) in [7, 11) is 0. The monoisotopic (exact) mass is 243 g/mol. The van der Waals surface area contributed by atoms with Crippen molar-refractivity contribution in [3.05, 3.63) is 47.8 Å². The SMILES string of the molecule is CC(Oc1ccccc1)c1cc2n(n1)CCNC2. The van der Waals surface area contributed by atoms with Crippen LogP contribution in [0.4, 0.5) is 0 Å². The summed E-state index contributed by atoms with van der Waals surface area (Å²) in [4.78, 5) is 0. The minimum Gasteiger partial charge on any atom is -0.484 e. The zero-order chi connectivity index (χ0) is 12.4. The van der Waals surface area contributed by atoms with Crippen molar-refractivity contribution in [2.75, 3.05) is 6.54 Å². The highest BCUT2D eigenvalue weighted by atomic mass is 16.5. The Kier molecular flexibility index (Phi) is 3.02. The number of hydrogen-bond donors (Lipinski definition) is 1. The lowest BCUT2D eigenvalue weighted by molar-refractivity contribution is 0.220. The molecule has 4 heteroatoms. The molecule has 0 fully saturated rings. The van der Waals surface area contributed by atoms with Gasteiger partial charge in [-0.05, 0) is 25.1 Å². The van der Waals surface area contributed by atoms with E-state index in [0.29, 0.717) is 0 Å². The van der Waals surface area contributed by atoms with Crippen LogP contribution >= 0.6 is 0 Å². The van der Waals surface area contributed by atoms with Gasteiger partial charge in [-0.15, -0.1) is 0 Å². The maximum absolute atomic E-state index is 5.88. The van der Waals surface area contributed by atoms with E-state index >= 15 is 0 Å². The third-order valence-corrected chi connectivity index (χ3v) is 3.16. The van der Waals surface area contributed by atoms with E-state index in [1.54, 1.807) is 0 Å². The van der Waals surface area contributed by atoms with Gasteiger partial charge in [0, 0.05) is 13.1 Å². The minimum absolute atomic E-state index is 0.0227. The molecule has 2 aromatic rings. The molecule has 0 saturated heterocycles. The van der Waals surface area contributed by atoms with E-state index in [0.717, 1.165) is 31.1 Å². The topological polar surface area (TPSA) is 39.1 Å². The van der Waals surface area contributed by atoms with Crippen LogP contribution in [-0.2, 0) is 13.1 Å². The van der Waals surface area contributed by atoms with Crippen molar-refractivity contribution in [3.63, 3.8) is 0 Å². The van der Waals surface area contributed by atoms with E-state index < -0.39 is 0 Å². The molecule has 1 unspecified atom stereocenters. The molecule has 1 aromatic carbocycles. The zero-order valence-corrected chi connectivity index (χ0v) is 10.5. The van der Waals surface area contributed by atoms with E-state index in [1.807, 2.05) is 37.3 Å². The molecule has 1 N–H and O–H groups in total. The second kappa shape index (κ2) is 4.82. The first-order valence-corrected chi connectivity index (χ1v) is 6.32. The summed E-state index contributed by atoms with van der Waals surface area (Å²) < 4.78 is 7.95. The number of nitrogens with zero attached hydrogens (tertiary/aromatic N) is 2. The van der Waals surface area contributed by atoms with Crippen LogP contribution in [0.1, 0.15) is 24.4 Å². The summed E-state index contributed by atoms with van der Waals surface area (Å²) in [5.41, 5.74) is 2.23. The molecule has 94 valence electrons. The Morgan fingerprint density at radius 2 is 2.17 bits per heavy atom. The number of fused-ring (bicyclic) bond motifs is 1. The predicted octanol–water partition coefficient (Wildman–Crippen LogP) is 2.13. The second-order valence-corrected chi connectivity index (χ2v) is 4.53. The van der Waals surface area contributed by atoms with Gasteiger partial charge in [0.1, 0.15) is 17.5 Å². The van der Waals surface area contributed by atoms with Crippen LogP contribution in [-0.4, -0.2) is 16.3 Å². The number of ether oxygens (including phenoxy) is 1. The molecule has 1 aliphatic rings. The number of hydrogen-bond acceptors (Lipinski definition) is 3. The first-order valence-electron chi connectivity index (χ1n) is 6.32. The van der Waals surface area contributed by atoms with Crippen molar-refractivity contribution in [1.82, 2.24) is 15.1 Å². The van der Waals surface area contributed by atoms with Crippen molar-refractivity contribution < 1.29 is 4.74 Å². The highest BCUT2D eigenvalue weighted by Gasteiger charge is 2.16. The molecule has 0 aliphatic carbocycles. The second-order valence-electron chi connectivity index (χ2n) is 4.53. The van der Waals surface area contributed by atoms with Crippen LogP contribution in [0, 0.1) is 0 Å². The van der Waals surface area contributed by atoms with Gasteiger partial charge in [0.2, 0.25) is 0 Å². The predicted molar refractivity (Wildman–Crippen MR) is 69.4 cm³/mol. The van der Waals surface area contributed by atoms with Crippen molar-refractivity contribution in [2.45, 2.75) is 26.1 Å². The zero-order valence-electron chi connectivity index (χ0n) is 10.5. The normalized spacial score (nSPS) is 16.1. The maximum Gasteiger partial charge on any atom is 0.140 e. The summed E-state index contributed by atoms with van der Waals surface area (Å²) in [6.07, 6.45) is -0.0227. The minimum atomic E-state index is -0.0227. The standard InChI is InChI=1S/C14H17N3O/c1-11(18-13-5-3-2-4-6-13)14-9-12-10-15-7-8-17(12)16-14/h2-6,9,11,15H,7-8,10H2,1H3. The summed E-state index contributed by atoms with van der Waals surface area (Å²) in [6, 6.07) is 12.0. The Balaban J connectivity index is 1.76. The van der Waals surface area contributed by atoms with Crippen molar-refractivity contribution in [2.24, 2.45) is 0 Å². The first kappa shape index (κ1) is 11.3. The van der Waals surface area contributed by atoms with Gasteiger partial charge in [-0.3, -0.25) is 4.68 Å². The number of nitrogens with one attached hydrogen (secondary N) is 1. The molecule has 2 heterocycles. The van der Waals surface area contributed by atoms with Crippen LogP contribution < -0.4 is 10.1 Å². The number of benzene rings is 1. The summed E-state index contributed by atoms with van der Waals surface area (Å²) in [5, 5.41) is 7.94. The molecular weight excluding hydrogens is 226 g/mol. The molecule has 0 bridgehead atoms. The average molecular weight is 243 g/mol. The molecule has 1 aromatic heterocycles. The van der Waals surface area contributed by atoms with Crippen LogP contribution in [0.3, 0.4) is 0 Å². The third-order valence-electron chi connectivity index (χ3n) is 3.16. The number of rotatable bonds is 3. The highest BCUT2D eigenvalue weighted by molar-refractivity contribution is 5.23. The van der Waals surface area contributed by atoms with E-state index in [4.69, 9.17) is 4.74 Å². The quantitative estimate of drug-likeness (QED) is 0.897. The van der Waals surface area contributed by atoms with Crippen LogP contribution in [0.25, 0.3) is 0 Å². The van der Waals surface area contributed by atoms with Crippen LogP contribution in [0.5, 0.6) is 5.75 Å². The van der Waals surface area contributed by atoms with Crippen LogP contribution in [0.2, 0.25) is 0 Å². The molecule has 18 heavy (non-hydrogen) atoms. The lowest BCUT2D eigenvalue weighted by atomic mass is 10.2. The molecular formula is C14H17N3O. The Labute approximate surface area is 107 Å². The Bertz CT molecular complexity index is 498. The molecule has 1 aliphatic heterocycles. The number of aromatic nitrogens is 2. The molecule has 0 amide bonds. The van der Waals surface area contributed by atoms with Crippen molar-refractivity contribution in [3.8, 4) is 5.75 Å². The van der Waals surface area contributed by atoms with E-state index in [9.17, 15) is 0 Å². The van der Waals surface area contributed by atoms with Gasteiger partial charge < -0.3 is 10.1 Å². The van der Waals surface area contributed by atoms with Gasteiger partial charge >= 0.3 is 0 Å². The van der Waals surface area contributed by atoms with Gasteiger partial charge in [-0.1, -0.05) is 18.2 Å². The van der Waals surface area contributed by atoms with E-state index in [1.165, 1.54) is 5.69 Å². The Hall–Kier alpha value is -1.81. The molecule has 1 atom stereocenters. The highest BCUT2D eigenvalue weighted by Crippen LogP contribution is 2.21. The van der Waals surface area contributed by atoms with Crippen molar-refractivity contribution >= 4 is 0 Å². The van der Waals surface area contributed by atoms with Gasteiger partial charge in [0.15, 0.2) is 0 Å². The summed E-state index contributed by atoms with van der Waals surface area (Å²) >= 11 is 0. The van der Waals surface area contributed by atoms with E-state index in [2.05, 4.69) is 21.2 Å². The van der Waals surface area contributed by atoms with Gasteiger partial charge in [-0.2, -0.15) is 5.10 Å². The Morgan fingerprint density at radius 1 is 1.33 bits per heavy atom. The van der Waals surface area contributed by atoms with Crippen LogP contribution in [0.15, 0.2) is 36.4 Å². The average Bonchev–Trinajstić information content (AvgIpc) is 2.84. The fraction of sp³-hybridized carbons (Fsp3) is 0.357. The molecule has 0 radical (unpaired) electrons. The summed E-state index contributed by atoms with van der Waals surface area (Å²) in [5.74, 6) is 0.883. The fourth-order valence-electron chi connectivity index (χ4n) is 2.18. The molecule has 4 nitrogen and oxygen atoms in total. The van der Waals surface area contributed by atoms with Gasteiger partial charge in [0.25, 0.3) is 0 Å². The fourth-order valence-corrected chi connectivity index (χ4v) is 2.18. The largest absolute Gasteiger partial charge is 0.484 e.